The lowest BCUT2D eigenvalue weighted by atomic mass is 10.2. The van der Waals surface area contributed by atoms with Crippen LogP contribution in [-0.4, -0.2) is 20.0 Å². The standard InChI is InChI=1S/C12H14N2O/c1-13-8-3-9-14-10-11-4-6-12(15-2)7-5-11/h3-9H,1,10H2,2H3/b8-3-,14-9?. The average molecular weight is 202 g/mol. The second kappa shape index (κ2) is 6.54. The maximum atomic E-state index is 5.06. The molecule has 1 aromatic rings. The highest BCUT2D eigenvalue weighted by Crippen LogP contribution is 2.11. The number of benzene rings is 1. The van der Waals surface area contributed by atoms with Crippen molar-refractivity contribution in [2.45, 2.75) is 6.54 Å². The molecule has 0 spiro atoms. The van der Waals surface area contributed by atoms with Crippen LogP contribution in [0.5, 0.6) is 5.75 Å². The van der Waals surface area contributed by atoms with Gasteiger partial charge < -0.3 is 4.74 Å². The number of hydrogen-bond donors (Lipinski definition) is 0. The van der Waals surface area contributed by atoms with Gasteiger partial charge in [0.25, 0.3) is 0 Å². The Morgan fingerprint density at radius 1 is 1.33 bits per heavy atom. The van der Waals surface area contributed by atoms with Crippen molar-refractivity contribution in [3.8, 4) is 5.75 Å². The van der Waals surface area contributed by atoms with Crippen LogP contribution in [0.25, 0.3) is 0 Å². The van der Waals surface area contributed by atoms with Crippen LogP contribution in [0, 0.1) is 0 Å². The molecular formula is C12H14N2O. The number of methoxy groups -OCH3 is 1. The van der Waals surface area contributed by atoms with E-state index in [2.05, 4.69) is 16.7 Å². The third-order valence-electron chi connectivity index (χ3n) is 1.82. The number of allylic oxidation sites excluding steroid dienone is 1. The molecule has 3 heteroatoms. The minimum Gasteiger partial charge on any atom is -0.497 e. The first-order valence-electron chi connectivity index (χ1n) is 4.60. The first-order chi connectivity index (χ1) is 7.36. The molecule has 0 aromatic heterocycles. The third kappa shape index (κ3) is 4.22. The summed E-state index contributed by atoms with van der Waals surface area (Å²) in [5.74, 6) is 0.860. The monoisotopic (exact) mass is 202 g/mol. The van der Waals surface area contributed by atoms with E-state index >= 15 is 0 Å². The van der Waals surface area contributed by atoms with Crippen molar-refractivity contribution < 1.29 is 4.74 Å². The molecule has 0 aliphatic rings. The van der Waals surface area contributed by atoms with E-state index in [4.69, 9.17) is 4.74 Å². The summed E-state index contributed by atoms with van der Waals surface area (Å²) >= 11 is 0. The topological polar surface area (TPSA) is 34.0 Å². The van der Waals surface area contributed by atoms with E-state index in [9.17, 15) is 0 Å². The van der Waals surface area contributed by atoms with E-state index in [0.717, 1.165) is 11.3 Å². The summed E-state index contributed by atoms with van der Waals surface area (Å²) < 4.78 is 5.06. The molecular weight excluding hydrogens is 188 g/mol. The van der Waals surface area contributed by atoms with Gasteiger partial charge in [-0.25, -0.2) is 0 Å². The lowest BCUT2D eigenvalue weighted by molar-refractivity contribution is 0.414. The Morgan fingerprint density at radius 3 is 2.67 bits per heavy atom. The normalized spacial score (nSPS) is 11.0. The minimum atomic E-state index is 0.658. The lowest BCUT2D eigenvalue weighted by Gasteiger charge is -1.99. The Kier molecular flexibility index (Phi) is 4.87. The van der Waals surface area contributed by atoms with E-state index in [1.165, 1.54) is 0 Å². The van der Waals surface area contributed by atoms with Crippen molar-refractivity contribution in [2.24, 2.45) is 9.98 Å². The highest BCUT2D eigenvalue weighted by molar-refractivity contribution is 5.71. The van der Waals surface area contributed by atoms with Gasteiger partial charge in [-0.1, -0.05) is 12.1 Å². The molecule has 0 saturated carbocycles. The Bertz CT molecular complexity index is 352. The summed E-state index contributed by atoms with van der Waals surface area (Å²) in [5, 5.41) is 0. The van der Waals surface area contributed by atoms with Crippen molar-refractivity contribution in [3.05, 3.63) is 42.1 Å². The van der Waals surface area contributed by atoms with Gasteiger partial charge in [-0.3, -0.25) is 9.98 Å². The zero-order valence-corrected chi connectivity index (χ0v) is 8.76. The largest absolute Gasteiger partial charge is 0.497 e. The summed E-state index contributed by atoms with van der Waals surface area (Å²) in [6.45, 7) is 3.98. The summed E-state index contributed by atoms with van der Waals surface area (Å²) in [6.07, 6.45) is 5.05. The highest BCUT2D eigenvalue weighted by atomic mass is 16.5. The second-order valence-electron chi connectivity index (χ2n) is 2.86. The Balaban J connectivity index is 2.47. The van der Waals surface area contributed by atoms with E-state index < -0.39 is 0 Å². The van der Waals surface area contributed by atoms with Crippen LogP contribution >= 0.6 is 0 Å². The molecule has 1 rings (SSSR count). The summed E-state index contributed by atoms with van der Waals surface area (Å²) in [5.41, 5.74) is 1.15. The van der Waals surface area contributed by atoms with Gasteiger partial charge in [-0.05, 0) is 30.5 Å². The molecule has 0 fully saturated rings. The Morgan fingerprint density at radius 2 is 2.07 bits per heavy atom. The van der Waals surface area contributed by atoms with E-state index in [1.807, 2.05) is 24.3 Å². The zero-order chi connectivity index (χ0) is 10.9. The van der Waals surface area contributed by atoms with Crippen LogP contribution in [0.15, 0.2) is 46.5 Å². The molecule has 15 heavy (non-hydrogen) atoms. The minimum absolute atomic E-state index is 0.658. The van der Waals surface area contributed by atoms with Gasteiger partial charge in [0, 0.05) is 12.4 Å². The van der Waals surface area contributed by atoms with Crippen molar-refractivity contribution >= 4 is 12.9 Å². The summed E-state index contributed by atoms with van der Waals surface area (Å²) in [6, 6.07) is 7.83. The van der Waals surface area contributed by atoms with Crippen LogP contribution in [0.4, 0.5) is 0 Å². The molecule has 78 valence electrons. The summed E-state index contributed by atoms with van der Waals surface area (Å²) in [4.78, 5) is 7.76. The van der Waals surface area contributed by atoms with E-state index in [1.54, 1.807) is 25.6 Å². The fraction of sp³-hybridized carbons (Fsp3) is 0.167. The Labute approximate surface area is 89.8 Å². The van der Waals surface area contributed by atoms with Gasteiger partial charge in [0.2, 0.25) is 0 Å². The van der Waals surface area contributed by atoms with Gasteiger partial charge >= 0.3 is 0 Å². The van der Waals surface area contributed by atoms with Gasteiger partial charge in [-0.15, -0.1) is 0 Å². The fourth-order valence-electron chi connectivity index (χ4n) is 1.05. The maximum absolute atomic E-state index is 5.06. The molecule has 0 radical (unpaired) electrons. The average Bonchev–Trinajstić information content (AvgIpc) is 2.30. The number of hydrogen-bond acceptors (Lipinski definition) is 3. The maximum Gasteiger partial charge on any atom is 0.118 e. The quantitative estimate of drug-likeness (QED) is 0.675. The molecule has 0 saturated heterocycles. The second-order valence-corrected chi connectivity index (χ2v) is 2.86. The van der Waals surface area contributed by atoms with E-state index in [-0.39, 0.29) is 0 Å². The smallest absolute Gasteiger partial charge is 0.118 e. The van der Waals surface area contributed by atoms with Crippen molar-refractivity contribution in [2.75, 3.05) is 7.11 Å². The summed E-state index contributed by atoms with van der Waals surface area (Å²) in [7, 11) is 1.65. The molecule has 0 unspecified atom stereocenters. The van der Waals surface area contributed by atoms with Gasteiger partial charge in [-0.2, -0.15) is 0 Å². The molecule has 0 bridgehead atoms. The van der Waals surface area contributed by atoms with E-state index in [0.29, 0.717) is 6.54 Å². The molecule has 1 aromatic carbocycles. The molecule has 0 aliphatic carbocycles. The van der Waals surface area contributed by atoms with Crippen LogP contribution in [0.3, 0.4) is 0 Å². The van der Waals surface area contributed by atoms with Crippen LogP contribution in [-0.2, 0) is 6.54 Å². The van der Waals surface area contributed by atoms with Crippen LogP contribution in [0.1, 0.15) is 5.56 Å². The first kappa shape index (κ1) is 11.2. The molecule has 0 aliphatic heterocycles. The van der Waals surface area contributed by atoms with Gasteiger partial charge in [0.1, 0.15) is 5.75 Å². The number of ether oxygens (including phenoxy) is 1. The lowest BCUT2D eigenvalue weighted by Crippen LogP contribution is -1.84. The highest BCUT2D eigenvalue weighted by Gasteiger charge is 1.91. The van der Waals surface area contributed by atoms with Gasteiger partial charge in [0.15, 0.2) is 0 Å². The first-order valence-corrected chi connectivity index (χ1v) is 4.60. The van der Waals surface area contributed by atoms with Crippen LogP contribution < -0.4 is 4.74 Å². The Hall–Kier alpha value is -1.90. The fourth-order valence-corrected chi connectivity index (χ4v) is 1.05. The third-order valence-corrected chi connectivity index (χ3v) is 1.82. The predicted octanol–water partition coefficient (Wildman–Crippen LogP) is 2.48. The van der Waals surface area contributed by atoms with Crippen molar-refractivity contribution in [3.63, 3.8) is 0 Å². The molecule has 0 heterocycles. The van der Waals surface area contributed by atoms with Crippen LogP contribution in [0.2, 0.25) is 0 Å². The van der Waals surface area contributed by atoms with Crippen molar-refractivity contribution in [1.29, 1.82) is 0 Å². The van der Waals surface area contributed by atoms with Crippen molar-refractivity contribution in [1.82, 2.24) is 0 Å². The molecule has 3 nitrogen and oxygen atoms in total. The number of nitrogens with zero attached hydrogens (tertiary/aromatic N) is 2. The SMILES string of the molecule is C=N/C=C\C=NCc1ccc(OC)cc1. The zero-order valence-electron chi connectivity index (χ0n) is 8.76. The number of aliphatic imine (C=N–C) groups is 2. The van der Waals surface area contributed by atoms with Gasteiger partial charge in [0.05, 0.1) is 13.7 Å². The predicted molar refractivity (Wildman–Crippen MR) is 63.9 cm³/mol. The number of rotatable bonds is 5. The molecule has 0 amide bonds. The molecule has 0 N–H and O–H groups in total. The molecule has 0 atom stereocenters.